The number of carboxylic acid groups (broad SMARTS) is 1. The standard InChI is InChI=1S/C14H14F3NO2/c15-14(16,17)10-3-1-8(2-4-10)6-18-7-9-5-11(9)12(18)13(19)20/h1-4,9,11-12H,5-7H2,(H,19,20). The molecule has 0 radical (unpaired) electrons. The Balaban J connectivity index is 1.70. The third-order valence-corrected chi connectivity index (χ3v) is 4.17. The Kier molecular flexibility index (Phi) is 3.01. The van der Waals surface area contributed by atoms with Crippen molar-refractivity contribution in [3.63, 3.8) is 0 Å². The molecule has 2 aliphatic rings. The third-order valence-electron chi connectivity index (χ3n) is 4.17. The van der Waals surface area contributed by atoms with Crippen LogP contribution in [0.5, 0.6) is 0 Å². The van der Waals surface area contributed by atoms with Gasteiger partial charge in [0.15, 0.2) is 0 Å². The monoisotopic (exact) mass is 285 g/mol. The molecule has 0 spiro atoms. The van der Waals surface area contributed by atoms with Crippen LogP contribution >= 0.6 is 0 Å². The highest BCUT2D eigenvalue weighted by Gasteiger charge is 2.55. The summed E-state index contributed by atoms with van der Waals surface area (Å²) in [5.41, 5.74) is 0.0332. The number of fused-ring (bicyclic) bond motifs is 1. The van der Waals surface area contributed by atoms with E-state index in [0.29, 0.717) is 18.0 Å². The molecule has 0 bridgehead atoms. The molecule has 1 aromatic carbocycles. The van der Waals surface area contributed by atoms with Crippen molar-refractivity contribution in [2.45, 2.75) is 25.2 Å². The Morgan fingerprint density at radius 3 is 2.50 bits per heavy atom. The molecule has 6 heteroatoms. The predicted octanol–water partition coefficient (Wildman–Crippen LogP) is 2.61. The van der Waals surface area contributed by atoms with Crippen LogP contribution in [0.2, 0.25) is 0 Å². The van der Waals surface area contributed by atoms with E-state index < -0.39 is 23.8 Å². The van der Waals surface area contributed by atoms with Crippen LogP contribution < -0.4 is 0 Å². The molecule has 1 aromatic rings. The summed E-state index contributed by atoms with van der Waals surface area (Å²) in [5.74, 6) is -0.158. The second kappa shape index (κ2) is 4.48. The highest BCUT2D eigenvalue weighted by Crippen LogP contribution is 2.49. The summed E-state index contributed by atoms with van der Waals surface area (Å²) in [5, 5.41) is 9.22. The number of benzene rings is 1. The smallest absolute Gasteiger partial charge is 0.416 e. The Bertz CT molecular complexity index is 526. The Morgan fingerprint density at radius 1 is 1.30 bits per heavy atom. The summed E-state index contributed by atoms with van der Waals surface area (Å²) in [6, 6.07) is 4.45. The van der Waals surface area contributed by atoms with E-state index in [1.807, 2.05) is 4.90 Å². The maximum atomic E-state index is 12.5. The zero-order valence-corrected chi connectivity index (χ0v) is 10.6. The number of piperidine rings is 1. The molecule has 0 aromatic heterocycles. The van der Waals surface area contributed by atoms with Crippen LogP contribution in [-0.2, 0) is 17.5 Å². The van der Waals surface area contributed by atoms with E-state index in [2.05, 4.69) is 0 Å². The van der Waals surface area contributed by atoms with Gasteiger partial charge in [-0.25, -0.2) is 0 Å². The van der Waals surface area contributed by atoms with Crippen LogP contribution in [0.1, 0.15) is 17.5 Å². The number of hydrogen-bond acceptors (Lipinski definition) is 2. The van der Waals surface area contributed by atoms with E-state index in [4.69, 9.17) is 0 Å². The van der Waals surface area contributed by atoms with Gasteiger partial charge < -0.3 is 5.11 Å². The van der Waals surface area contributed by atoms with Gasteiger partial charge in [-0.1, -0.05) is 12.1 Å². The number of carboxylic acids is 1. The van der Waals surface area contributed by atoms with Gasteiger partial charge in [-0.2, -0.15) is 13.2 Å². The first-order valence-electron chi connectivity index (χ1n) is 6.49. The fraction of sp³-hybridized carbons (Fsp3) is 0.500. The topological polar surface area (TPSA) is 40.5 Å². The molecule has 1 N–H and O–H groups in total. The number of rotatable bonds is 3. The second-order valence-electron chi connectivity index (χ2n) is 5.57. The quantitative estimate of drug-likeness (QED) is 0.928. The molecule has 1 saturated heterocycles. The molecule has 1 aliphatic carbocycles. The lowest BCUT2D eigenvalue weighted by Crippen LogP contribution is -2.38. The van der Waals surface area contributed by atoms with Crippen molar-refractivity contribution < 1.29 is 23.1 Å². The number of carbonyl (C=O) groups is 1. The number of nitrogens with zero attached hydrogens (tertiary/aromatic N) is 1. The van der Waals surface area contributed by atoms with Crippen LogP contribution in [-0.4, -0.2) is 28.6 Å². The van der Waals surface area contributed by atoms with Gasteiger partial charge in [0.2, 0.25) is 0 Å². The predicted molar refractivity (Wildman–Crippen MR) is 64.9 cm³/mol. The number of likely N-dealkylation sites (tertiary alicyclic amines) is 1. The molecule has 20 heavy (non-hydrogen) atoms. The summed E-state index contributed by atoms with van der Waals surface area (Å²) in [7, 11) is 0. The summed E-state index contributed by atoms with van der Waals surface area (Å²) >= 11 is 0. The van der Waals surface area contributed by atoms with Crippen molar-refractivity contribution in [1.29, 1.82) is 0 Å². The highest BCUT2D eigenvalue weighted by molar-refractivity contribution is 5.75. The van der Waals surface area contributed by atoms with Gasteiger partial charge in [0.25, 0.3) is 0 Å². The normalized spacial score (nSPS) is 29.2. The average Bonchev–Trinajstić information content (AvgIpc) is 2.99. The maximum Gasteiger partial charge on any atom is 0.416 e. The van der Waals surface area contributed by atoms with Crippen molar-refractivity contribution in [1.82, 2.24) is 4.90 Å². The highest BCUT2D eigenvalue weighted by atomic mass is 19.4. The first-order chi connectivity index (χ1) is 9.36. The minimum atomic E-state index is -4.34. The molecule has 3 rings (SSSR count). The van der Waals surface area contributed by atoms with Crippen molar-refractivity contribution in [3.8, 4) is 0 Å². The molecule has 2 fully saturated rings. The van der Waals surface area contributed by atoms with Crippen LogP contribution in [0, 0.1) is 11.8 Å². The summed E-state index contributed by atoms with van der Waals surface area (Å²) in [6.07, 6.45) is -3.38. The number of hydrogen-bond donors (Lipinski definition) is 1. The third kappa shape index (κ3) is 2.40. The van der Waals surface area contributed by atoms with Crippen molar-refractivity contribution in [2.75, 3.05) is 6.54 Å². The van der Waals surface area contributed by atoms with E-state index in [1.165, 1.54) is 12.1 Å². The lowest BCUT2D eigenvalue weighted by Gasteiger charge is -2.24. The van der Waals surface area contributed by atoms with E-state index in [-0.39, 0.29) is 5.92 Å². The van der Waals surface area contributed by atoms with Crippen LogP contribution in [0.3, 0.4) is 0 Å². The summed E-state index contributed by atoms with van der Waals surface area (Å²) < 4.78 is 37.4. The Hall–Kier alpha value is -1.56. The molecule has 0 amide bonds. The molecule has 1 heterocycles. The van der Waals surface area contributed by atoms with Gasteiger partial charge in [0.1, 0.15) is 6.04 Å². The average molecular weight is 285 g/mol. The first kappa shape index (κ1) is 13.4. The van der Waals surface area contributed by atoms with E-state index in [1.54, 1.807) is 0 Å². The minimum Gasteiger partial charge on any atom is -0.480 e. The summed E-state index contributed by atoms with van der Waals surface area (Å²) in [4.78, 5) is 13.1. The van der Waals surface area contributed by atoms with E-state index in [0.717, 1.165) is 25.1 Å². The summed E-state index contributed by atoms with van der Waals surface area (Å²) in [6.45, 7) is 1.12. The molecule has 3 nitrogen and oxygen atoms in total. The minimum absolute atomic E-state index is 0.224. The lowest BCUT2D eigenvalue weighted by atomic mass is 10.1. The lowest BCUT2D eigenvalue weighted by molar-refractivity contribution is -0.143. The van der Waals surface area contributed by atoms with Gasteiger partial charge in [-0.15, -0.1) is 0 Å². The van der Waals surface area contributed by atoms with Gasteiger partial charge >= 0.3 is 12.1 Å². The molecular weight excluding hydrogens is 271 g/mol. The van der Waals surface area contributed by atoms with Gasteiger partial charge in [-0.05, 0) is 36.0 Å². The molecule has 3 unspecified atom stereocenters. The van der Waals surface area contributed by atoms with Crippen LogP contribution in [0.15, 0.2) is 24.3 Å². The Morgan fingerprint density at radius 2 is 1.95 bits per heavy atom. The Labute approximate surface area is 114 Å². The number of aliphatic carboxylic acids is 1. The maximum absolute atomic E-state index is 12.5. The van der Waals surface area contributed by atoms with Gasteiger partial charge in [0.05, 0.1) is 5.56 Å². The molecular formula is C14H14F3NO2. The van der Waals surface area contributed by atoms with Crippen LogP contribution in [0.4, 0.5) is 13.2 Å². The molecule has 108 valence electrons. The first-order valence-corrected chi connectivity index (χ1v) is 6.49. The SMILES string of the molecule is O=C(O)C1C2CC2CN1Cc1ccc(C(F)(F)F)cc1. The van der Waals surface area contributed by atoms with Gasteiger partial charge in [0, 0.05) is 13.1 Å². The number of halogens is 3. The molecule has 3 atom stereocenters. The number of alkyl halides is 3. The fourth-order valence-corrected chi connectivity index (χ4v) is 3.09. The zero-order valence-electron chi connectivity index (χ0n) is 10.6. The van der Waals surface area contributed by atoms with E-state index >= 15 is 0 Å². The van der Waals surface area contributed by atoms with Crippen LogP contribution in [0.25, 0.3) is 0 Å². The zero-order chi connectivity index (χ0) is 14.5. The molecule has 1 saturated carbocycles. The second-order valence-corrected chi connectivity index (χ2v) is 5.57. The van der Waals surface area contributed by atoms with Gasteiger partial charge in [-0.3, -0.25) is 9.69 Å². The van der Waals surface area contributed by atoms with Crippen molar-refractivity contribution in [3.05, 3.63) is 35.4 Å². The fourth-order valence-electron chi connectivity index (χ4n) is 3.09. The molecule has 1 aliphatic heterocycles. The largest absolute Gasteiger partial charge is 0.480 e. The van der Waals surface area contributed by atoms with Crippen molar-refractivity contribution in [2.24, 2.45) is 11.8 Å². The van der Waals surface area contributed by atoms with Crippen molar-refractivity contribution >= 4 is 5.97 Å². The van der Waals surface area contributed by atoms with E-state index in [9.17, 15) is 23.1 Å².